The second-order valence-electron chi connectivity index (χ2n) is 3.92. The summed E-state index contributed by atoms with van der Waals surface area (Å²) in [5, 5.41) is 0. The highest BCUT2D eigenvalue weighted by atomic mass is 79.9. The summed E-state index contributed by atoms with van der Waals surface area (Å²) < 4.78 is 23.7. The predicted molar refractivity (Wildman–Crippen MR) is 76.4 cm³/mol. The van der Waals surface area contributed by atoms with Crippen molar-refractivity contribution in [2.24, 2.45) is 0 Å². The fraction of sp³-hybridized carbons (Fsp3) is 0.0714. The molecule has 0 radical (unpaired) electrons. The Balaban J connectivity index is 2.32. The summed E-state index contributed by atoms with van der Waals surface area (Å²) in [7, 11) is 1.27. The first-order chi connectivity index (χ1) is 9.51. The molecule has 0 atom stereocenters. The molecule has 2 rings (SSSR count). The molecule has 2 aromatic rings. The Hall–Kier alpha value is -2.08. The zero-order valence-corrected chi connectivity index (χ0v) is 12.1. The van der Waals surface area contributed by atoms with Gasteiger partial charge in [-0.25, -0.2) is 9.18 Å². The number of carbonyl (C=O) groups is 1. The Kier molecular flexibility index (Phi) is 4.24. The summed E-state index contributed by atoms with van der Waals surface area (Å²) in [4.78, 5) is 11.5. The normalized spacial score (nSPS) is 10.2. The highest BCUT2D eigenvalue weighted by molar-refractivity contribution is 9.10. The van der Waals surface area contributed by atoms with Crippen LogP contribution >= 0.6 is 15.9 Å². The number of esters is 1. The average molecular weight is 340 g/mol. The van der Waals surface area contributed by atoms with E-state index in [0.29, 0.717) is 21.7 Å². The molecule has 0 aliphatic heterocycles. The molecule has 0 spiro atoms. The van der Waals surface area contributed by atoms with Crippen molar-refractivity contribution in [3.05, 3.63) is 52.3 Å². The molecule has 0 bridgehead atoms. The molecule has 0 aliphatic carbocycles. The SMILES string of the molecule is COC(=O)c1cc(Oc2ccc(F)cc2Br)ccc1N. The van der Waals surface area contributed by atoms with Gasteiger partial charge in [-0.05, 0) is 52.3 Å². The molecule has 0 heterocycles. The van der Waals surface area contributed by atoms with E-state index in [-0.39, 0.29) is 11.4 Å². The lowest BCUT2D eigenvalue weighted by Crippen LogP contribution is -2.05. The van der Waals surface area contributed by atoms with E-state index in [1.54, 1.807) is 12.1 Å². The van der Waals surface area contributed by atoms with Crippen molar-refractivity contribution in [1.29, 1.82) is 0 Å². The van der Waals surface area contributed by atoms with Gasteiger partial charge in [-0.15, -0.1) is 0 Å². The van der Waals surface area contributed by atoms with Crippen molar-refractivity contribution in [3.8, 4) is 11.5 Å². The van der Waals surface area contributed by atoms with Crippen molar-refractivity contribution in [2.75, 3.05) is 12.8 Å². The summed E-state index contributed by atoms with van der Waals surface area (Å²) in [5.41, 5.74) is 6.20. The second kappa shape index (κ2) is 5.92. The van der Waals surface area contributed by atoms with Gasteiger partial charge in [0.1, 0.15) is 17.3 Å². The van der Waals surface area contributed by atoms with Crippen LogP contribution in [-0.4, -0.2) is 13.1 Å². The summed E-state index contributed by atoms with van der Waals surface area (Å²) in [6.45, 7) is 0. The molecule has 0 amide bonds. The first kappa shape index (κ1) is 14.3. The Morgan fingerprint density at radius 2 is 2.00 bits per heavy atom. The molecule has 20 heavy (non-hydrogen) atoms. The van der Waals surface area contributed by atoms with Gasteiger partial charge in [-0.3, -0.25) is 0 Å². The van der Waals surface area contributed by atoms with Crippen LogP contribution in [0.1, 0.15) is 10.4 Å². The summed E-state index contributed by atoms with van der Waals surface area (Å²) >= 11 is 3.20. The lowest BCUT2D eigenvalue weighted by atomic mass is 10.1. The van der Waals surface area contributed by atoms with Gasteiger partial charge in [-0.2, -0.15) is 0 Å². The van der Waals surface area contributed by atoms with Crippen LogP contribution < -0.4 is 10.5 Å². The molecule has 104 valence electrons. The lowest BCUT2D eigenvalue weighted by molar-refractivity contribution is 0.0601. The molecule has 2 aromatic carbocycles. The van der Waals surface area contributed by atoms with Gasteiger partial charge in [-0.1, -0.05) is 0 Å². The highest BCUT2D eigenvalue weighted by Crippen LogP contribution is 2.31. The highest BCUT2D eigenvalue weighted by Gasteiger charge is 2.12. The number of hydrogen-bond donors (Lipinski definition) is 1. The van der Waals surface area contributed by atoms with Crippen molar-refractivity contribution < 1.29 is 18.7 Å². The number of carbonyl (C=O) groups excluding carboxylic acids is 1. The minimum atomic E-state index is -0.550. The maximum atomic E-state index is 13.0. The number of ether oxygens (including phenoxy) is 2. The van der Waals surface area contributed by atoms with Crippen LogP contribution in [0.15, 0.2) is 40.9 Å². The van der Waals surface area contributed by atoms with Crippen molar-refractivity contribution in [2.45, 2.75) is 0 Å². The molecule has 0 aromatic heterocycles. The Bertz CT molecular complexity index is 661. The van der Waals surface area contributed by atoms with Crippen molar-refractivity contribution >= 4 is 27.6 Å². The van der Waals surface area contributed by atoms with Gasteiger partial charge in [0.25, 0.3) is 0 Å². The fourth-order valence-electron chi connectivity index (χ4n) is 1.57. The molecule has 2 N–H and O–H groups in total. The van der Waals surface area contributed by atoms with Gasteiger partial charge < -0.3 is 15.2 Å². The molecular formula is C14H11BrFNO3. The lowest BCUT2D eigenvalue weighted by Gasteiger charge is -2.10. The number of nitrogen functional groups attached to an aromatic ring is 1. The first-order valence-electron chi connectivity index (χ1n) is 5.62. The Morgan fingerprint density at radius 3 is 2.65 bits per heavy atom. The summed E-state index contributed by atoms with van der Waals surface area (Å²) in [6.07, 6.45) is 0. The average Bonchev–Trinajstić information content (AvgIpc) is 2.43. The minimum Gasteiger partial charge on any atom is -0.465 e. The molecule has 6 heteroatoms. The van der Waals surface area contributed by atoms with Crippen LogP contribution in [-0.2, 0) is 4.74 Å². The number of rotatable bonds is 3. The quantitative estimate of drug-likeness (QED) is 0.683. The maximum Gasteiger partial charge on any atom is 0.340 e. The monoisotopic (exact) mass is 339 g/mol. The third-order valence-corrected chi connectivity index (χ3v) is 3.17. The van der Waals surface area contributed by atoms with Crippen LogP contribution in [0, 0.1) is 5.82 Å². The second-order valence-corrected chi connectivity index (χ2v) is 4.77. The molecule has 0 fully saturated rings. The first-order valence-corrected chi connectivity index (χ1v) is 6.41. The fourth-order valence-corrected chi connectivity index (χ4v) is 2.00. The van der Waals surface area contributed by atoms with Gasteiger partial charge in [0.05, 0.1) is 17.1 Å². The largest absolute Gasteiger partial charge is 0.465 e. The van der Waals surface area contributed by atoms with E-state index in [0.717, 1.165) is 0 Å². The van der Waals surface area contributed by atoms with Crippen LogP contribution in [0.3, 0.4) is 0 Å². The van der Waals surface area contributed by atoms with E-state index in [2.05, 4.69) is 20.7 Å². The van der Waals surface area contributed by atoms with Gasteiger partial charge in [0.15, 0.2) is 0 Å². The molecule has 0 unspecified atom stereocenters. The summed E-state index contributed by atoms with van der Waals surface area (Å²) in [5.74, 6) is -0.109. The van der Waals surface area contributed by atoms with Crippen LogP contribution in [0.4, 0.5) is 10.1 Å². The molecular weight excluding hydrogens is 329 g/mol. The molecule has 0 saturated heterocycles. The van der Waals surface area contributed by atoms with E-state index in [9.17, 15) is 9.18 Å². The third kappa shape index (κ3) is 3.08. The number of hydrogen-bond acceptors (Lipinski definition) is 4. The topological polar surface area (TPSA) is 61.5 Å². The van der Waals surface area contributed by atoms with Crippen LogP contribution in [0.2, 0.25) is 0 Å². The van der Waals surface area contributed by atoms with E-state index in [4.69, 9.17) is 10.5 Å². The van der Waals surface area contributed by atoms with E-state index < -0.39 is 5.97 Å². The van der Waals surface area contributed by atoms with Gasteiger partial charge in [0, 0.05) is 5.69 Å². The Morgan fingerprint density at radius 1 is 1.25 bits per heavy atom. The number of nitrogens with two attached hydrogens (primary N) is 1. The summed E-state index contributed by atoms with van der Waals surface area (Å²) in [6, 6.07) is 8.66. The maximum absolute atomic E-state index is 13.0. The number of methoxy groups -OCH3 is 1. The standard InChI is InChI=1S/C14H11BrFNO3/c1-19-14(18)10-7-9(3-4-12(10)17)20-13-5-2-8(16)6-11(13)15/h2-7H,17H2,1H3. The van der Waals surface area contributed by atoms with Crippen molar-refractivity contribution in [3.63, 3.8) is 0 Å². The van der Waals surface area contributed by atoms with Crippen LogP contribution in [0.5, 0.6) is 11.5 Å². The third-order valence-electron chi connectivity index (χ3n) is 2.55. The number of anilines is 1. The van der Waals surface area contributed by atoms with Gasteiger partial charge >= 0.3 is 5.97 Å². The minimum absolute atomic E-state index is 0.211. The molecule has 0 aliphatic rings. The predicted octanol–water partition coefficient (Wildman–Crippen LogP) is 3.75. The van der Waals surface area contributed by atoms with Gasteiger partial charge in [0.2, 0.25) is 0 Å². The molecule has 0 saturated carbocycles. The molecule has 4 nitrogen and oxygen atoms in total. The zero-order valence-electron chi connectivity index (χ0n) is 10.5. The number of benzene rings is 2. The van der Waals surface area contributed by atoms with Crippen molar-refractivity contribution in [1.82, 2.24) is 0 Å². The van der Waals surface area contributed by atoms with E-state index >= 15 is 0 Å². The smallest absolute Gasteiger partial charge is 0.340 e. The zero-order chi connectivity index (χ0) is 14.7. The van der Waals surface area contributed by atoms with E-state index in [1.807, 2.05) is 0 Å². The van der Waals surface area contributed by atoms with Crippen LogP contribution in [0.25, 0.3) is 0 Å². The van der Waals surface area contributed by atoms with E-state index in [1.165, 1.54) is 31.4 Å². The Labute approximate surface area is 123 Å². The number of halogens is 2.